The minimum absolute atomic E-state index is 0.0154. The van der Waals surface area contributed by atoms with E-state index in [9.17, 15) is 14.4 Å². The van der Waals surface area contributed by atoms with E-state index >= 15 is 0 Å². The predicted octanol–water partition coefficient (Wildman–Crippen LogP) is 0.0725. The van der Waals surface area contributed by atoms with Crippen LogP contribution >= 0.6 is 0 Å². The highest BCUT2D eigenvalue weighted by Crippen LogP contribution is 2.27. The minimum Gasteiger partial charge on any atom is -0.381 e. The van der Waals surface area contributed by atoms with Crippen LogP contribution in [0.1, 0.15) is 43.0 Å². The van der Waals surface area contributed by atoms with Crippen LogP contribution < -0.4 is 16.6 Å². The Labute approximate surface area is 146 Å². The zero-order chi connectivity index (χ0) is 17.8. The number of aromatic nitrogens is 2. The highest BCUT2D eigenvalue weighted by molar-refractivity contribution is 5.93. The molecule has 0 spiro atoms. The van der Waals surface area contributed by atoms with E-state index in [4.69, 9.17) is 4.74 Å². The average molecular weight is 350 g/mol. The van der Waals surface area contributed by atoms with Crippen molar-refractivity contribution in [3.63, 3.8) is 0 Å². The molecule has 0 radical (unpaired) electrons. The van der Waals surface area contributed by atoms with Crippen molar-refractivity contribution in [2.45, 2.75) is 44.7 Å². The van der Waals surface area contributed by atoms with Gasteiger partial charge in [-0.15, -0.1) is 0 Å². The Kier molecular flexibility index (Phi) is 5.70. The van der Waals surface area contributed by atoms with Gasteiger partial charge in [-0.1, -0.05) is 13.3 Å². The number of H-pyrrole nitrogens is 2. The minimum atomic E-state index is -0.660. The second-order valence-corrected chi connectivity index (χ2v) is 6.91. The molecule has 0 saturated carbocycles. The van der Waals surface area contributed by atoms with Gasteiger partial charge in [0.25, 0.3) is 11.5 Å². The summed E-state index contributed by atoms with van der Waals surface area (Å²) < 4.78 is 5.44. The highest BCUT2D eigenvalue weighted by atomic mass is 16.5. The van der Waals surface area contributed by atoms with Gasteiger partial charge in [0, 0.05) is 44.6 Å². The molecule has 3 N–H and O–H groups in total. The first-order valence-corrected chi connectivity index (χ1v) is 9.03. The van der Waals surface area contributed by atoms with Crippen LogP contribution in [0.25, 0.3) is 0 Å². The second kappa shape index (κ2) is 7.97. The maximum absolute atomic E-state index is 12.5. The van der Waals surface area contributed by atoms with Crippen LogP contribution in [-0.2, 0) is 4.74 Å². The smallest absolute Gasteiger partial charge is 0.325 e. The van der Waals surface area contributed by atoms with Crippen molar-refractivity contribution in [1.82, 2.24) is 20.2 Å². The van der Waals surface area contributed by atoms with E-state index < -0.39 is 17.2 Å². The van der Waals surface area contributed by atoms with Crippen molar-refractivity contribution in [3.05, 3.63) is 32.6 Å². The third kappa shape index (κ3) is 4.19. The maximum atomic E-state index is 12.5. The molecule has 2 saturated heterocycles. The van der Waals surface area contributed by atoms with Gasteiger partial charge in [0.05, 0.1) is 0 Å². The van der Waals surface area contributed by atoms with Gasteiger partial charge < -0.3 is 15.0 Å². The average Bonchev–Trinajstić information content (AvgIpc) is 2.98. The molecule has 2 aliphatic heterocycles. The Morgan fingerprint density at radius 1 is 1.32 bits per heavy atom. The quantitative estimate of drug-likeness (QED) is 0.697. The van der Waals surface area contributed by atoms with E-state index in [0.717, 1.165) is 52.0 Å². The molecule has 8 heteroatoms. The van der Waals surface area contributed by atoms with Gasteiger partial charge in [-0.05, 0) is 25.2 Å². The second-order valence-electron chi connectivity index (χ2n) is 6.91. The summed E-state index contributed by atoms with van der Waals surface area (Å²) in [6.45, 7) is 5.49. The number of nitrogens with zero attached hydrogens (tertiary/aromatic N) is 1. The fourth-order valence-corrected chi connectivity index (χ4v) is 3.90. The molecule has 0 unspecified atom stereocenters. The Bertz CT molecular complexity index is 707. The molecule has 2 atom stereocenters. The normalized spacial score (nSPS) is 25.2. The van der Waals surface area contributed by atoms with Crippen LogP contribution in [0.2, 0.25) is 0 Å². The lowest BCUT2D eigenvalue weighted by Gasteiger charge is -2.31. The van der Waals surface area contributed by atoms with Crippen LogP contribution in [-0.4, -0.2) is 59.2 Å². The molecule has 2 fully saturated rings. The largest absolute Gasteiger partial charge is 0.381 e. The van der Waals surface area contributed by atoms with Crippen molar-refractivity contribution in [2.75, 3.05) is 26.3 Å². The van der Waals surface area contributed by atoms with Gasteiger partial charge in [0.2, 0.25) is 0 Å². The van der Waals surface area contributed by atoms with Gasteiger partial charge in [0.1, 0.15) is 5.56 Å². The standard InChI is InChI=1S/C17H26N4O4/c1-2-3-11-9-21(12-4-6-25-7-5-12)10-14(11)19-15(22)13-8-18-17(24)20-16(13)23/h8,11-12,14H,2-7,9-10H2,1H3,(H,19,22)(H2,18,20,23,24)/t11-,14-/m1/s1. The van der Waals surface area contributed by atoms with Gasteiger partial charge in [-0.2, -0.15) is 0 Å². The molecular weight excluding hydrogens is 324 g/mol. The lowest BCUT2D eigenvalue weighted by Crippen LogP contribution is -2.44. The SMILES string of the molecule is CCC[C@@H]1CN(C2CCOCC2)C[C@H]1NC(=O)c1c[nH]c(=O)[nH]c1=O. The molecular formula is C17H26N4O4. The molecule has 3 rings (SSSR count). The number of carbonyl (C=O) groups is 1. The number of nitrogens with one attached hydrogen (secondary N) is 3. The lowest BCUT2D eigenvalue weighted by atomic mass is 9.98. The zero-order valence-electron chi connectivity index (χ0n) is 14.5. The van der Waals surface area contributed by atoms with E-state index in [-0.39, 0.29) is 11.6 Å². The summed E-state index contributed by atoms with van der Waals surface area (Å²) in [4.78, 5) is 42.3. The Balaban J connectivity index is 1.69. The van der Waals surface area contributed by atoms with E-state index in [1.807, 2.05) is 0 Å². The number of carbonyl (C=O) groups excluding carboxylic acids is 1. The van der Waals surface area contributed by atoms with Crippen molar-refractivity contribution in [1.29, 1.82) is 0 Å². The number of rotatable bonds is 5. The third-order valence-corrected chi connectivity index (χ3v) is 5.22. The first-order chi connectivity index (χ1) is 12.1. The number of hydrogen-bond acceptors (Lipinski definition) is 5. The highest BCUT2D eigenvalue weighted by Gasteiger charge is 2.37. The lowest BCUT2D eigenvalue weighted by molar-refractivity contribution is 0.0405. The van der Waals surface area contributed by atoms with Gasteiger partial charge in [-0.3, -0.25) is 19.5 Å². The van der Waals surface area contributed by atoms with Gasteiger partial charge in [-0.25, -0.2) is 4.79 Å². The predicted molar refractivity (Wildman–Crippen MR) is 92.7 cm³/mol. The van der Waals surface area contributed by atoms with E-state index in [1.165, 1.54) is 6.20 Å². The van der Waals surface area contributed by atoms with Crippen LogP contribution in [0.5, 0.6) is 0 Å². The van der Waals surface area contributed by atoms with Gasteiger partial charge in [0.15, 0.2) is 0 Å². The van der Waals surface area contributed by atoms with E-state index in [1.54, 1.807) is 0 Å². The molecule has 0 aromatic carbocycles. The van der Waals surface area contributed by atoms with Crippen molar-refractivity contribution < 1.29 is 9.53 Å². The topological polar surface area (TPSA) is 107 Å². The van der Waals surface area contributed by atoms with Crippen molar-refractivity contribution in [3.8, 4) is 0 Å². The van der Waals surface area contributed by atoms with Crippen LogP contribution in [0.3, 0.4) is 0 Å². The number of aromatic amines is 2. The summed E-state index contributed by atoms with van der Waals surface area (Å²) in [7, 11) is 0. The third-order valence-electron chi connectivity index (χ3n) is 5.22. The summed E-state index contributed by atoms with van der Waals surface area (Å²) in [6.07, 6.45) is 5.32. The maximum Gasteiger partial charge on any atom is 0.325 e. The van der Waals surface area contributed by atoms with Crippen molar-refractivity contribution in [2.24, 2.45) is 5.92 Å². The fraction of sp³-hybridized carbons (Fsp3) is 0.706. The Morgan fingerprint density at radius 2 is 2.08 bits per heavy atom. The molecule has 2 aliphatic rings. The number of likely N-dealkylation sites (tertiary alicyclic amines) is 1. The number of amides is 1. The van der Waals surface area contributed by atoms with Crippen molar-refractivity contribution >= 4 is 5.91 Å². The molecule has 25 heavy (non-hydrogen) atoms. The Morgan fingerprint density at radius 3 is 2.76 bits per heavy atom. The first-order valence-electron chi connectivity index (χ1n) is 9.03. The molecule has 1 aromatic heterocycles. The first kappa shape index (κ1) is 17.9. The summed E-state index contributed by atoms with van der Waals surface area (Å²) in [5.41, 5.74) is -1.33. The molecule has 8 nitrogen and oxygen atoms in total. The summed E-state index contributed by atoms with van der Waals surface area (Å²) in [6, 6.07) is 0.521. The summed E-state index contributed by atoms with van der Waals surface area (Å²) in [5.74, 6) is -0.0592. The number of ether oxygens (including phenoxy) is 1. The zero-order valence-corrected chi connectivity index (χ0v) is 14.5. The van der Waals surface area contributed by atoms with Crippen LogP contribution in [0, 0.1) is 5.92 Å². The summed E-state index contributed by atoms with van der Waals surface area (Å²) >= 11 is 0. The molecule has 1 amide bonds. The van der Waals surface area contributed by atoms with Gasteiger partial charge >= 0.3 is 5.69 Å². The van der Waals surface area contributed by atoms with E-state index in [0.29, 0.717) is 12.0 Å². The van der Waals surface area contributed by atoms with Crippen LogP contribution in [0.15, 0.2) is 15.8 Å². The monoisotopic (exact) mass is 350 g/mol. The number of hydrogen-bond donors (Lipinski definition) is 3. The molecule has 0 aliphatic carbocycles. The Hall–Kier alpha value is -1.93. The molecule has 0 bridgehead atoms. The molecule has 1 aromatic rings. The van der Waals surface area contributed by atoms with E-state index in [2.05, 4.69) is 27.1 Å². The van der Waals surface area contributed by atoms with Crippen LogP contribution in [0.4, 0.5) is 0 Å². The molecule has 138 valence electrons. The molecule has 3 heterocycles. The summed E-state index contributed by atoms with van der Waals surface area (Å²) in [5, 5.41) is 3.01. The fourth-order valence-electron chi connectivity index (χ4n) is 3.90.